The second-order valence-corrected chi connectivity index (χ2v) is 8.01. The molecule has 1 aliphatic heterocycles. The quantitative estimate of drug-likeness (QED) is 0.839. The van der Waals surface area contributed by atoms with Crippen molar-refractivity contribution in [3.63, 3.8) is 0 Å². The fourth-order valence-electron chi connectivity index (χ4n) is 2.65. The van der Waals surface area contributed by atoms with Crippen molar-refractivity contribution >= 4 is 27.3 Å². The summed E-state index contributed by atoms with van der Waals surface area (Å²) in [5, 5.41) is 0.378. The Morgan fingerprint density at radius 3 is 2.71 bits per heavy atom. The van der Waals surface area contributed by atoms with Crippen molar-refractivity contribution in [2.24, 2.45) is 5.92 Å². The van der Waals surface area contributed by atoms with Crippen LogP contribution in [0.15, 0.2) is 23.1 Å². The van der Waals surface area contributed by atoms with Crippen molar-refractivity contribution in [2.75, 3.05) is 25.5 Å². The van der Waals surface area contributed by atoms with E-state index in [4.69, 9.17) is 22.1 Å². The number of nitrogens with zero attached hydrogens (tertiary/aromatic N) is 1. The molecule has 1 aromatic rings. The molecule has 1 atom stereocenters. The number of ether oxygens (including phenoxy) is 1. The molecule has 0 bridgehead atoms. The zero-order valence-corrected chi connectivity index (χ0v) is 13.2. The van der Waals surface area contributed by atoms with Gasteiger partial charge in [0.05, 0.1) is 12.3 Å². The molecule has 0 radical (unpaired) electrons. The predicted octanol–water partition coefficient (Wildman–Crippen LogP) is 2.11. The third-order valence-electron chi connectivity index (χ3n) is 3.98. The summed E-state index contributed by atoms with van der Waals surface area (Å²) >= 11 is 5.93. The first-order chi connectivity index (χ1) is 9.98. The molecular formula is C14H19ClN2O3S. The molecule has 1 heterocycles. The molecule has 7 heteroatoms. The molecule has 116 valence electrons. The Kier molecular flexibility index (Phi) is 4.14. The average Bonchev–Trinajstić information content (AvgIpc) is 3.14. The van der Waals surface area contributed by atoms with Crippen LogP contribution >= 0.6 is 11.6 Å². The second-order valence-electron chi connectivity index (χ2n) is 5.72. The normalized spacial score (nSPS) is 22.9. The smallest absolute Gasteiger partial charge is 0.245 e. The largest absolute Gasteiger partial charge is 0.398 e. The van der Waals surface area contributed by atoms with Gasteiger partial charge in [-0.05, 0) is 43.4 Å². The van der Waals surface area contributed by atoms with Crippen molar-refractivity contribution in [1.29, 1.82) is 0 Å². The van der Waals surface area contributed by atoms with Crippen LogP contribution in [-0.2, 0) is 14.8 Å². The Morgan fingerprint density at radius 1 is 1.33 bits per heavy atom. The van der Waals surface area contributed by atoms with E-state index in [1.54, 1.807) is 16.4 Å². The van der Waals surface area contributed by atoms with E-state index in [1.165, 1.54) is 6.07 Å². The van der Waals surface area contributed by atoms with Crippen LogP contribution < -0.4 is 5.73 Å². The SMILES string of the molecule is Nc1ccc(Cl)cc1S(=O)(=O)N(CC1CCOC1)C1CC1. The van der Waals surface area contributed by atoms with Crippen LogP contribution in [0.25, 0.3) is 0 Å². The highest BCUT2D eigenvalue weighted by Crippen LogP contribution is 2.35. The minimum Gasteiger partial charge on any atom is -0.398 e. The van der Waals surface area contributed by atoms with E-state index in [0.29, 0.717) is 24.8 Å². The fraction of sp³-hybridized carbons (Fsp3) is 0.571. The maximum Gasteiger partial charge on any atom is 0.245 e. The second kappa shape index (κ2) is 5.76. The van der Waals surface area contributed by atoms with Crippen LogP contribution in [0.2, 0.25) is 5.02 Å². The van der Waals surface area contributed by atoms with Crippen LogP contribution in [0.3, 0.4) is 0 Å². The summed E-state index contributed by atoms with van der Waals surface area (Å²) in [6.07, 6.45) is 2.73. The molecule has 0 amide bonds. The van der Waals surface area contributed by atoms with Crippen LogP contribution in [0.1, 0.15) is 19.3 Å². The van der Waals surface area contributed by atoms with Gasteiger partial charge in [0.25, 0.3) is 0 Å². The highest BCUT2D eigenvalue weighted by molar-refractivity contribution is 7.89. The number of rotatable bonds is 5. The van der Waals surface area contributed by atoms with Gasteiger partial charge >= 0.3 is 0 Å². The molecule has 1 saturated carbocycles. The first kappa shape index (κ1) is 15.1. The third kappa shape index (κ3) is 3.18. The summed E-state index contributed by atoms with van der Waals surface area (Å²) in [6, 6.07) is 4.67. The Bertz CT molecular complexity index is 625. The Balaban J connectivity index is 1.91. The van der Waals surface area contributed by atoms with Crippen molar-refractivity contribution in [2.45, 2.75) is 30.2 Å². The predicted molar refractivity (Wildman–Crippen MR) is 81.7 cm³/mol. The molecule has 2 N–H and O–H groups in total. The number of hydrogen-bond donors (Lipinski definition) is 1. The maximum atomic E-state index is 12.9. The molecule has 0 aromatic heterocycles. The van der Waals surface area contributed by atoms with E-state index in [-0.39, 0.29) is 22.5 Å². The summed E-state index contributed by atoms with van der Waals surface area (Å²) in [5.74, 6) is 0.265. The highest BCUT2D eigenvalue weighted by atomic mass is 35.5. The fourth-order valence-corrected chi connectivity index (χ4v) is 4.79. The number of halogens is 1. The summed E-state index contributed by atoms with van der Waals surface area (Å²) in [7, 11) is -3.61. The molecule has 0 spiro atoms. The molecule has 21 heavy (non-hydrogen) atoms. The van der Waals surface area contributed by atoms with Crippen LogP contribution in [0, 0.1) is 5.92 Å². The standard InChI is InChI=1S/C14H19ClN2O3S/c15-11-1-4-13(16)14(7-11)21(18,19)17(12-2-3-12)8-10-5-6-20-9-10/h1,4,7,10,12H,2-3,5-6,8-9,16H2. The Morgan fingerprint density at radius 2 is 2.10 bits per heavy atom. The van der Waals surface area contributed by atoms with Crippen LogP contribution in [0.5, 0.6) is 0 Å². The van der Waals surface area contributed by atoms with Crippen molar-refractivity contribution < 1.29 is 13.2 Å². The molecule has 2 aliphatic rings. The van der Waals surface area contributed by atoms with Gasteiger partial charge in [0.15, 0.2) is 0 Å². The molecule has 1 unspecified atom stereocenters. The minimum atomic E-state index is -3.61. The number of nitrogens with two attached hydrogens (primary N) is 1. The number of nitrogen functional groups attached to an aromatic ring is 1. The minimum absolute atomic E-state index is 0.0916. The first-order valence-corrected chi connectivity index (χ1v) is 8.95. The monoisotopic (exact) mass is 330 g/mol. The zero-order valence-electron chi connectivity index (χ0n) is 11.7. The molecule has 1 aromatic carbocycles. The zero-order chi connectivity index (χ0) is 15.0. The molecule has 3 rings (SSSR count). The van der Waals surface area contributed by atoms with E-state index in [0.717, 1.165) is 19.3 Å². The molecular weight excluding hydrogens is 312 g/mol. The van der Waals surface area contributed by atoms with Gasteiger partial charge in [0, 0.05) is 24.2 Å². The van der Waals surface area contributed by atoms with Gasteiger partial charge < -0.3 is 10.5 Å². The Labute approximate surface area is 130 Å². The van der Waals surface area contributed by atoms with Crippen LogP contribution in [-0.4, -0.2) is 38.5 Å². The average molecular weight is 331 g/mol. The van der Waals surface area contributed by atoms with Gasteiger partial charge in [0.2, 0.25) is 10.0 Å². The molecule has 1 saturated heterocycles. The van der Waals surface area contributed by atoms with Gasteiger partial charge in [-0.2, -0.15) is 4.31 Å². The first-order valence-electron chi connectivity index (χ1n) is 7.13. The topological polar surface area (TPSA) is 72.6 Å². The highest BCUT2D eigenvalue weighted by Gasteiger charge is 2.40. The summed E-state index contributed by atoms with van der Waals surface area (Å²) in [4.78, 5) is 0.112. The number of sulfonamides is 1. The lowest BCUT2D eigenvalue weighted by Gasteiger charge is -2.25. The van der Waals surface area contributed by atoms with Gasteiger partial charge in [-0.15, -0.1) is 0 Å². The van der Waals surface area contributed by atoms with E-state index >= 15 is 0 Å². The third-order valence-corrected chi connectivity index (χ3v) is 6.19. The van der Waals surface area contributed by atoms with E-state index in [1.807, 2.05) is 0 Å². The van der Waals surface area contributed by atoms with E-state index in [2.05, 4.69) is 0 Å². The van der Waals surface area contributed by atoms with Crippen molar-refractivity contribution in [3.8, 4) is 0 Å². The van der Waals surface area contributed by atoms with Gasteiger partial charge in [-0.25, -0.2) is 8.42 Å². The lowest BCUT2D eigenvalue weighted by molar-refractivity contribution is 0.180. The maximum absolute atomic E-state index is 12.9. The molecule has 1 aliphatic carbocycles. The lowest BCUT2D eigenvalue weighted by atomic mass is 10.1. The summed E-state index contributed by atoms with van der Waals surface area (Å²) in [5.41, 5.74) is 6.10. The van der Waals surface area contributed by atoms with Gasteiger partial charge in [0.1, 0.15) is 4.90 Å². The number of anilines is 1. The van der Waals surface area contributed by atoms with Gasteiger partial charge in [-0.3, -0.25) is 0 Å². The summed E-state index contributed by atoms with van der Waals surface area (Å²) in [6.45, 7) is 1.84. The van der Waals surface area contributed by atoms with Crippen molar-refractivity contribution in [1.82, 2.24) is 4.31 Å². The van der Waals surface area contributed by atoms with Crippen LogP contribution in [0.4, 0.5) is 5.69 Å². The van der Waals surface area contributed by atoms with Gasteiger partial charge in [-0.1, -0.05) is 11.6 Å². The van der Waals surface area contributed by atoms with E-state index < -0.39 is 10.0 Å². The Hall–Kier alpha value is -0.820. The van der Waals surface area contributed by atoms with Crippen molar-refractivity contribution in [3.05, 3.63) is 23.2 Å². The lowest BCUT2D eigenvalue weighted by Crippen LogP contribution is -2.37. The number of benzene rings is 1. The molecule has 5 nitrogen and oxygen atoms in total. The van der Waals surface area contributed by atoms with E-state index in [9.17, 15) is 8.42 Å². The summed E-state index contributed by atoms with van der Waals surface area (Å²) < 4.78 is 32.8. The number of hydrogen-bond acceptors (Lipinski definition) is 4. The molecule has 2 fully saturated rings.